The second-order valence-corrected chi connectivity index (χ2v) is 7.77. The fraction of sp³-hybridized carbons (Fsp3) is 0.250. The highest BCUT2D eigenvalue weighted by molar-refractivity contribution is 6.04. The van der Waals surface area contributed by atoms with Crippen molar-refractivity contribution < 1.29 is 19.2 Å². The van der Waals surface area contributed by atoms with Crippen LogP contribution in [0.4, 0.5) is 5.69 Å². The van der Waals surface area contributed by atoms with Gasteiger partial charge >= 0.3 is 5.97 Å². The first-order valence-corrected chi connectivity index (χ1v) is 10.0. The zero-order valence-corrected chi connectivity index (χ0v) is 17.3. The molecule has 0 saturated carbocycles. The Labute approximate surface area is 179 Å². The van der Waals surface area contributed by atoms with Crippen molar-refractivity contribution in [3.63, 3.8) is 0 Å². The van der Waals surface area contributed by atoms with Crippen LogP contribution in [0.1, 0.15) is 42.7 Å². The Kier molecular flexibility index (Phi) is 5.42. The summed E-state index contributed by atoms with van der Waals surface area (Å²) >= 11 is 0. The lowest BCUT2D eigenvalue weighted by molar-refractivity contribution is -0.384. The van der Waals surface area contributed by atoms with Crippen LogP contribution in [0.3, 0.4) is 0 Å². The molecule has 2 atom stereocenters. The lowest BCUT2D eigenvalue weighted by Gasteiger charge is -2.36. The van der Waals surface area contributed by atoms with Crippen LogP contribution in [0.5, 0.6) is 0 Å². The van der Waals surface area contributed by atoms with Gasteiger partial charge in [-0.25, -0.2) is 4.79 Å². The number of benzene rings is 2. The summed E-state index contributed by atoms with van der Waals surface area (Å²) in [5.74, 6) is -1.33. The Morgan fingerprint density at radius 2 is 1.81 bits per heavy atom. The number of esters is 1. The van der Waals surface area contributed by atoms with Crippen LogP contribution in [0.2, 0.25) is 0 Å². The molecule has 0 aromatic heterocycles. The smallest absolute Gasteiger partial charge is 0.336 e. The number of hydrogen-bond donors (Lipinski definition) is 1. The quantitative estimate of drug-likeness (QED) is 0.455. The topological polar surface area (TPSA) is 98.5 Å². The van der Waals surface area contributed by atoms with Crippen molar-refractivity contribution in [1.82, 2.24) is 5.32 Å². The van der Waals surface area contributed by atoms with Crippen molar-refractivity contribution in [3.05, 3.63) is 98.4 Å². The summed E-state index contributed by atoms with van der Waals surface area (Å²) in [5.41, 5.74) is 3.64. The fourth-order valence-corrected chi connectivity index (χ4v) is 4.53. The number of ether oxygens (including phenoxy) is 1. The molecule has 1 aliphatic heterocycles. The molecule has 7 heteroatoms. The summed E-state index contributed by atoms with van der Waals surface area (Å²) in [6.07, 6.45) is 0.922. The molecule has 158 valence electrons. The molecule has 0 radical (unpaired) electrons. The number of nitro groups is 1. The van der Waals surface area contributed by atoms with Gasteiger partial charge in [-0.2, -0.15) is 0 Å². The molecule has 1 heterocycles. The number of hydrogen-bond acceptors (Lipinski definition) is 6. The molecule has 4 rings (SSSR count). The second kappa shape index (κ2) is 8.18. The zero-order chi connectivity index (χ0) is 22.1. The number of rotatable bonds is 4. The van der Waals surface area contributed by atoms with Gasteiger partial charge in [0, 0.05) is 41.4 Å². The van der Waals surface area contributed by atoms with Crippen molar-refractivity contribution in [3.8, 4) is 0 Å². The molecule has 0 fully saturated rings. The molecule has 0 bridgehead atoms. The zero-order valence-electron chi connectivity index (χ0n) is 17.3. The van der Waals surface area contributed by atoms with Crippen LogP contribution in [0, 0.1) is 10.1 Å². The predicted octanol–water partition coefficient (Wildman–Crippen LogP) is 4.13. The van der Waals surface area contributed by atoms with Gasteiger partial charge in [-0.1, -0.05) is 42.5 Å². The summed E-state index contributed by atoms with van der Waals surface area (Å²) in [6, 6.07) is 15.9. The lowest BCUT2D eigenvalue weighted by Crippen LogP contribution is -2.36. The third-order valence-electron chi connectivity index (χ3n) is 5.92. The summed E-state index contributed by atoms with van der Waals surface area (Å²) in [6.45, 7) is 1.76. The van der Waals surface area contributed by atoms with Crippen LogP contribution in [-0.4, -0.2) is 23.8 Å². The van der Waals surface area contributed by atoms with Gasteiger partial charge in [0.2, 0.25) is 0 Å². The minimum absolute atomic E-state index is 0.0261. The average molecular weight is 418 g/mol. The number of nitrogens with zero attached hydrogens (tertiary/aromatic N) is 1. The third-order valence-corrected chi connectivity index (χ3v) is 5.92. The van der Waals surface area contributed by atoms with Gasteiger partial charge in [-0.15, -0.1) is 0 Å². The molecule has 2 aromatic carbocycles. The number of Topliss-reactive ketones (excluding diaryl/α,β-unsaturated/α-hetero) is 1. The Bertz CT molecular complexity index is 1130. The van der Waals surface area contributed by atoms with E-state index in [-0.39, 0.29) is 17.4 Å². The molecule has 2 aromatic rings. The molecule has 1 N–H and O–H groups in total. The van der Waals surface area contributed by atoms with Gasteiger partial charge in [-0.3, -0.25) is 14.9 Å². The summed E-state index contributed by atoms with van der Waals surface area (Å²) in [7, 11) is 1.28. The maximum absolute atomic E-state index is 13.4. The maximum Gasteiger partial charge on any atom is 0.336 e. The highest BCUT2D eigenvalue weighted by Crippen LogP contribution is 2.46. The van der Waals surface area contributed by atoms with E-state index in [4.69, 9.17) is 4.74 Å². The molecule has 7 nitrogen and oxygen atoms in total. The molecule has 0 spiro atoms. The SMILES string of the molecule is COC(=O)C1=C(C)NC2=C(C(=O)C[C@H](c3ccccc3)C2)[C@H]1c1cccc([N+](=O)[O-])c1. The molecular weight excluding hydrogens is 396 g/mol. The van der Waals surface area contributed by atoms with Crippen molar-refractivity contribution in [2.45, 2.75) is 31.6 Å². The monoisotopic (exact) mass is 418 g/mol. The summed E-state index contributed by atoms with van der Waals surface area (Å²) < 4.78 is 4.99. The highest BCUT2D eigenvalue weighted by atomic mass is 16.6. The number of carbonyl (C=O) groups is 2. The first kappa shape index (κ1) is 20.5. The molecule has 0 amide bonds. The molecule has 2 aliphatic rings. The second-order valence-electron chi connectivity index (χ2n) is 7.77. The standard InChI is InChI=1S/C24H22N2O5/c1-14-21(24(28)31-2)22(16-9-6-10-18(11-16)26(29)30)23-19(25-14)12-17(13-20(23)27)15-7-4-3-5-8-15/h3-11,17,22,25H,12-13H2,1-2H3/t17-,22+/m1/s1. The number of ketones is 1. The van der Waals surface area contributed by atoms with Crippen LogP contribution >= 0.6 is 0 Å². The van der Waals surface area contributed by atoms with Gasteiger partial charge in [0.25, 0.3) is 5.69 Å². The van der Waals surface area contributed by atoms with Crippen molar-refractivity contribution >= 4 is 17.4 Å². The van der Waals surface area contributed by atoms with E-state index in [1.54, 1.807) is 19.1 Å². The van der Waals surface area contributed by atoms with Crippen molar-refractivity contribution in [1.29, 1.82) is 0 Å². The number of methoxy groups -OCH3 is 1. The maximum atomic E-state index is 13.4. The van der Waals surface area contributed by atoms with Crippen molar-refractivity contribution in [2.24, 2.45) is 0 Å². The van der Waals surface area contributed by atoms with Gasteiger partial charge in [0.15, 0.2) is 5.78 Å². The number of dihydropyridines is 1. The minimum atomic E-state index is -0.715. The fourth-order valence-electron chi connectivity index (χ4n) is 4.53. The van der Waals surface area contributed by atoms with Gasteiger partial charge in [0.1, 0.15) is 0 Å². The van der Waals surface area contributed by atoms with E-state index in [1.807, 2.05) is 30.3 Å². The average Bonchev–Trinajstić information content (AvgIpc) is 2.78. The minimum Gasteiger partial charge on any atom is -0.466 e. The Hall–Kier alpha value is -3.74. The van der Waals surface area contributed by atoms with E-state index in [2.05, 4.69) is 5.32 Å². The Morgan fingerprint density at radius 1 is 1.10 bits per heavy atom. The first-order valence-electron chi connectivity index (χ1n) is 10.0. The van der Waals surface area contributed by atoms with E-state index in [0.29, 0.717) is 35.2 Å². The number of allylic oxidation sites excluding steroid dienone is 3. The van der Waals surface area contributed by atoms with E-state index in [1.165, 1.54) is 19.2 Å². The van der Waals surface area contributed by atoms with E-state index >= 15 is 0 Å². The molecule has 0 unspecified atom stereocenters. The number of nitrogens with one attached hydrogen (secondary N) is 1. The molecular formula is C24H22N2O5. The number of non-ortho nitro benzene ring substituents is 1. The molecule has 1 aliphatic carbocycles. The first-order chi connectivity index (χ1) is 14.9. The normalized spacial score (nSPS) is 20.8. The predicted molar refractivity (Wildman–Crippen MR) is 114 cm³/mol. The largest absolute Gasteiger partial charge is 0.466 e. The van der Waals surface area contributed by atoms with Crippen molar-refractivity contribution in [2.75, 3.05) is 7.11 Å². The lowest BCUT2D eigenvalue weighted by atomic mass is 9.71. The van der Waals surface area contributed by atoms with Crippen LogP contribution in [0.25, 0.3) is 0 Å². The molecule has 0 saturated heterocycles. The van der Waals surface area contributed by atoms with Gasteiger partial charge < -0.3 is 10.1 Å². The van der Waals surface area contributed by atoms with Crippen LogP contribution in [-0.2, 0) is 14.3 Å². The van der Waals surface area contributed by atoms with Crippen LogP contribution < -0.4 is 5.32 Å². The van der Waals surface area contributed by atoms with E-state index in [0.717, 1.165) is 11.3 Å². The Balaban J connectivity index is 1.84. The number of nitro benzene ring substituents is 1. The summed E-state index contributed by atoms with van der Waals surface area (Å²) in [4.78, 5) is 36.9. The summed E-state index contributed by atoms with van der Waals surface area (Å²) in [5, 5.41) is 14.6. The molecule has 31 heavy (non-hydrogen) atoms. The Morgan fingerprint density at radius 3 is 2.48 bits per heavy atom. The van der Waals surface area contributed by atoms with Gasteiger partial charge in [0.05, 0.1) is 17.6 Å². The highest BCUT2D eigenvalue weighted by Gasteiger charge is 2.41. The van der Waals surface area contributed by atoms with Gasteiger partial charge in [-0.05, 0) is 30.4 Å². The van der Waals surface area contributed by atoms with E-state index < -0.39 is 16.8 Å². The van der Waals surface area contributed by atoms with E-state index in [9.17, 15) is 19.7 Å². The number of carbonyl (C=O) groups excluding carboxylic acids is 2. The van der Waals surface area contributed by atoms with Crippen LogP contribution in [0.15, 0.2) is 77.1 Å². The third kappa shape index (κ3) is 3.74.